The van der Waals surface area contributed by atoms with Gasteiger partial charge in [0.2, 0.25) is 6.79 Å². The van der Waals surface area contributed by atoms with Crippen molar-refractivity contribution in [1.82, 2.24) is 5.32 Å². The molecule has 1 aliphatic carbocycles. The van der Waals surface area contributed by atoms with E-state index in [1.807, 2.05) is 0 Å². The van der Waals surface area contributed by atoms with Crippen LogP contribution >= 0.6 is 0 Å². The first-order valence-corrected chi connectivity index (χ1v) is 6.57. The summed E-state index contributed by atoms with van der Waals surface area (Å²) in [6, 6.07) is 5.08. The lowest BCUT2D eigenvalue weighted by atomic mass is 10.0. The van der Waals surface area contributed by atoms with Gasteiger partial charge in [0.25, 0.3) is 5.91 Å². The van der Waals surface area contributed by atoms with Gasteiger partial charge in [0.15, 0.2) is 11.5 Å². The molecule has 5 nitrogen and oxygen atoms in total. The Kier molecular flexibility index (Phi) is 3.06. The van der Waals surface area contributed by atoms with Gasteiger partial charge in [-0.3, -0.25) is 4.79 Å². The molecule has 1 amide bonds. The molecular weight excluding hydrogens is 246 g/mol. The van der Waals surface area contributed by atoms with Gasteiger partial charge in [-0.25, -0.2) is 0 Å². The Morgan fingerprint density at radius 3 is 2.79 bits per heavy atom. The minimum Gasteiger partial charge on any atom is -0.454 e. The first-order valence-electron chi connectivity index (χ1n) is 6.57. The summed E-state index contributed by atoms with van der Waals surface area (Å²) in [5.41, 5.74) is -0.211. The minimum atomic E-state index is -0.730. The molecule has 1 aromatic rings. The van der Waals surface area contributed by atoms with Gasteiger partial charge in [-0.2, -0.15) is 0 Å². The largest absolute Gasteiger partial charge is 0.454 e. The molecule has 2 aliphatic rings. The third kappa shape index (κ3) is 2.51. The molecule has 0 spiro atoms. The summed E-state index contributed by atoms with van der Waals surface area (Å²) in [7, 11) is 0. The Balaban J connectivity index is 1.64. The maximum absolute atomic E-state index is 12.0. The number of amides is 1. The van der Waals surface area contributed by atoms with Crippen molar-refractivity contribution in [3.63, 3.8) is 0 Å². The second-order valence-corrected chi connectivity index (χ2v) is 5.18. The van der Waals surface area contributed by atoms with Crippen LogP contribution in [0, 0.1) is 0 Å². The number of carbonyl (C=O) groups excluding carboxylic acids is 1. The second-order valence-electron chi connectivity index (χ2n) is 5.18. The molecule has 0 atom stereocenters. The van der Waals surface area contributed by atoms with E-state index in [9.17, 15) is 9.90 Å². The fraction of sp³-hybridized carbons (Fsp3) is 0.500. The van der Waals surface area contributed by atoms with Gasteiger partial charge in [0, 0.05) is 12.1 Å². The zero-order valence-corrected chi connectivity index (χ0v) is 10.6. The Morgan fingerprint density at radius 2 is 2.00 bits per heavy atom. The molecule has 1 aliphatic heterocycles. The molecule has 0 saturated heterocycles. The van der Waals surface area contributed by atoms with E-state index in [1.54, 1.807) is 18.2 Å². The molecule has 0 aromatic heterocycles. The van der Waals surface area contributed by atoms with E-state index in [0.717, 1.165) is 25.7 Å². The predicted octanol–water partition coefficient (Wildman–Crippen LogP) is 1.45. The van der Waals surface area contributed by atoms with Crippen LogP contribution in [0.1, 0.15) is 36.0 Å². The van der Waals surface area contributed by atoms with Crippen molar-refractivity contribution in [2.24, 2.45) is 0 Å². The highest BCUT2D eigenvalue weighted by Gasteiger charge is 2.31. The van der Waals surface area contributed by atoms with Gasteiger partial charge in [-0.1, -0.05) is 12.8 Å². The van der Waals surface area contributed by atoms with Crippen LogP contribution in [-0.4, -0.2) is 30.0 Å². The quantitative estimate of drug-likeness (QED) is 0.866. The van der Waals surface area contributed by atoms with Gasteiger partial charge < -0.3 is 19.9 Å². The van der Waals surface area contributed by atoms with E-state index in [2.05, 4.69) is 5.32 Å². The molecule has 1 saturated carbocycles. The van der Waals surface area contributed by atoms with Crippen LogP contribution in [0.25, 0.3) is 0 Å². The van der Waals surface area contributed by atoms with Crippen molar-refractivity contribution in [1.29, 1.82) is 0 Å². The van der Waals surface area contributed by atoms with Crippen molar-refractivity contribution in [2.75, 3.05) is 13.3 Å². The Morgan fingerprint density at radius 1 is 1.26 bits per heavy atom. The number of fused-ring (bicyclic) bond motifs is 1. The van der Waals surface area contributed by atoms with Gasteiger partial charge in [0.1, 0.15) is 0 Å². The average Bonchev–Trinajstić information content (AvgIpc) is 3.04. The average molecular weight is 263 g/mol. The summed E-state index contributed by atoms with van der Waals surface area (Å²) < 4.78 is 10.4. The minimum absolute atomic E-state index is 0.195. The lowest BCUT2D eigenvalue weighted by Crippen LogP contribution is -2.40. The van der Waals surface area contributed by atoms with Crippen LogP contribution in [0.5, 0.6) is 11.5 Å². The van der Waals surface area contributed by atoms with Crippen LogP contribution in [0.15, 0.2) is 18.2 Å². The molecule has 0 unspecified atom stereocenters. The first-order chi connectivity index (χ1) is 9.16. The molecule has 1 fully saturated rings. The fourth-order valence-electron chi connectivity index (χ4n) is 2.59. The molecular formula is C14H17NO4. The smallest absolute Gasteiger partial charge is 0.251 e. The number of aliphatic hydroxyl groups is 1. The highest BCUT2D eigenvalue weighted by atomic mass is 16.7. The molecule has 3 rings (SSSR count). The van der Waals surface area contributed by atoms with Crippen molar-refractivity contribution in [3.8, 4) is 11.5 Å². The van der Waals surface area contributed by atoms with E-state index < -0.39 is 5.60 Å². The number of rotatable bonds is 3. The Labute approximate surface area is 111 Å². The number of hydrogen-bond acceptors (Lipinski definition) is 4. The summed E-state index contributed by atoms with van der Waals surface area (Å²) in [5, 5.41) is 13.0. The van der Waals surface area contributed by atoms with Crippen molar-refractivity contribution >= 4 is 5.91 Å². The zero-order chi connectivity index (χ0) is 13.3. The molecule has 102 valence electrons. The molecule has 1 heterocycles. The topological polar surface area (TPSA) is 67.8 Å². The van der Waals surface area contributed by atoms with Crippen LogP contribution < -0.4 is 14.8 Å². The van der Waals surface area contributed by atoms with Gasteiger partial charge in [-0.15, -0.1) is 0 Å². The van der Waals surface area contributed by atoms with Gasteiger partial charge in [-0.05, 0) is 31.0 Å². The fourth-order valence-corrected chi connectivity index (χ4v) is 2.59. The number of hydrogen-bond donors (Lipinski definition) is 2. The summed E-state index contributed by atoms with van der Waals surface area (Å²) in [6.45, 7) is 0.500. The molecule has 1 aromatic carbocycles. The Bertz CT molecular complexity index is 494. The Hall–Kier alpha value is -1.75. The van der Waals surface area contributed by atoms with Crippen LogP contribution in [-0.2, 0) is 0 Å². The molecule has 0 radical (unpaired) electrons. The lowest BCUT2D eigenvalue weighted by Gasteiger charge is -2.22. The number of nitrogens with one attached hydrogen (secondary N) is 1. The van der Waals surface area contributed by atoms with Gasteiger partial charge >= 0.3 is 0 Å². The summed E-state index contributed by atoms with van der Waals surface area (Å²) in [6.07, 6.45) is 3.57. The first kappa shape index (κ1) is 12.3. The third-order valence-electron chi connectivity index (χ3n) is 3.75. The van der Waals surface area contributed by atoms with E-state index >= 15 is 0 Å². The second kappa shape index (κ2) is 4.74. The van der Waals surface area contributed by atoms with Crippen LogP contribution in [0.4, 0.5) is 0 Å². The standard InChI is InChI=1S/C14H17NO4/c16-13(15-8-14(17)5-1-2-6-14)10-3-4-11-12(7-10)19-9-18-11/h3-4,7,17H,1-2,5-6,8-9H2,(H,15,16). The third-order valence-corrected chi connectivity index (χ3v) is 3.75. The van der Waals surface area contributed by atoms with Crippen LogP contribution in [0.3, 0.4) is 0 Å². The maximum atomic E-state index is 12.0. The van der Waals surface area contributed by atoms with Gasteiger partial charge in [0.05, 0.1) is 5.60 Å². The SMILES string of the molecule is O=C(NCC1(O)CCCC1)c1ccc2c(c1)OCO2. The highest BCUT2D eigenvalue weighted by molar-refractivity contribution is 5.95. The molecule has 2 N–H and O–H groups in total. The van der Waals surface area contributed by atoms with Crippen molar-refractivity contribution in [3.05, 3.63) is 23.8 Å². The zero-order valence-electron chi connectivity index (χ0n) is 10.6. The molecule has 5 heteroatoms. The van der Waals surface area contributed by atoms with E-state index in [4.69, 9.17) is 9.47 Å². The van der Waals surface area contributed by atoms with E-state index in [0.29, 0.717) is 23.6 Å². The predicted molar refractivity (Wildman–Crippen MR) is 68.3 cm³/mol. The lowest BCUT2D eigenvalue weighted by molar-refractivity contribution is 0.0449. The monoisotopic (exact) mass is 263 g/mol. The number of ether oxygens (including phenoxy) is 2. The van der Waals surface area contributed by atoms with Crippen LogP contribution in [0.2, 0.25) is 0 Å². The van der Waals surface area contributed by atoms with Crippen molar-refractivity contribution < 1.29 is 19.4 Å². The molecule has 0 bridgehead atoms. The number of carbonyl (C=O) groups is 1. The van der Waals surface area contributed by atoms with E-state index in [-0.39, 0.29) is 12.7 Å². The normalized spacial score (nSPS) is 19.4. The van der Waals surface area contributed by atoms with E-state index in [1.165, 1.54) is 0 Å². The highest BCUT2D eigenvalue weighted by Crippen LogP contribution is 2.32. The number of benzene rings is 1. The molecule has 19 heavy (non-hydrogen) atoms. The summed E-state index contributed by atoms with van der Waals surface area (Å²) >= 11 is 0. The summed E-state index contributed by atoms with van der Waals surface area (Å²) in [4.78, 5) is 12.0. The van der Waals surface area contributed by atoms with Crippen molar-refractivity contribution in [2.45, 2.75) is 31.3 Å². The maximum Gasteiger partial charge on any atom is 0.251 e. The summed E-state index contributed by atoms with van der Waals surface area (Å²) in [5.74, 6) is 1.05.